The number of fused-ring (bicyclic) bond motifs is 4. The largest absolute Gasteiger partial charge is 0.476 e. The van der Waals surface area contributed by atoms with Crippen molar-refractivity contribution in [3.05, 3.63) is 28.7 Å². The van der Waals surface area contributed by atoms with E-state index in [2.05, 4.69) is 25.2 Å². The van der Waals surface area contributed by atoms with E-state index < -0.39 is 0 Å². The summed E-state index contributed by atoms with van der Waals surface area (Å²) in [4.78, 5) is 6.83. The first kappa shape index (κ1) is 29.4. The third kappa shape index (κ3) is 5.50. The second-order valence-corrected chi connectivity index (χ2v) is 9.85. The quantitative estimate of drug-likeness (QED) is 0.375. The smallest absolute Gasteiger partial charge is 0.240 e. The molecule has 1 aliphatic rings. The molecular weight excluding hydrogens is 507 g/mol. The summed E-state index contributed by atoms with van der Waals surface area (Å²) in [6.07, 6.45) is 3.76. The van der Waals surface area contributed by atoms with Crippen LogP contribution in [0.1, 0.15) is 63.3 Å². The summed E-state index contributed by atoms with van der Waals surface area (Å²) in [5.74, 6) is 1.14. The van der Waals surface area contributed by atoms with E-state index in [0.29, 0.717) is 48.3 Å². The first-order chi connectivity index (χ1) is 19.2. The molecule has 5 rings (SSSR count). The number of hydrogen-bond acceptors (Lipinski definition) is 8. The van der Waals surface area contributed by atoms with Gasteiger partial charge in [0, 0.05) is 31.1 Å². The fraction of sp³-hybridized carbons (Fsp3) is 0.500. The van der Waals surface area contributed by atoms with E-state index in [1.807, 2.05) is 78.5 Å². The van der Waals surface area contributed by atoms with Crippen LogP contribution in [0.2, 0.25) is 0 Å². The van der Waals surface area contributed by atoms with Crippen molar-refractivity contribution in [1.29, 1.82) is 0 Å². The van der Waals surface area contributed by atoms with Crippen LogP contribution in [0.3, 0.4) is 0 Å². The number of aromatic nitrogens is 7. The summed E-state index contributed by atoms with van der Waals surface area (Å²) in [5, 5.41) is 27.6. The molecule has 11 nitrogen and oxygen atoms in total. The summed E-state index contributed by atoms with van der Waals surface area (Å²) in [5.41, 5.74) is 5.72. The van der Waals surface area contributed by atoms with E-state index >= 15 is 0 Å². The lowest BCUT2D eigenvalue weighted by Gasteiger charge is -2.24. The van der Waals surface area contributed by atoms with Crippen LogP contribution >= 0.6 is 0 Å². The molecule has 0 aliphatic carbocycles. The highest BCUT2D eigenvalue weighted by Crippen LogP contribution is 2.35. The monoisotopic (exact) mass is 546 g/mol. The standard InChI is InChI=1S/C26H33BN8O3.C2H6/c1-7-37-25-17-8-9-19-18-10-20(28-24(27)23(18)30-29-19)22-16(4)31-34(6)26(22)38-15(3)11-33(5)12-21(17)35(32-25)14(2)13-36;1-2/h8-10,14-15,36H,7,11-13H2,1-6H3,(H,29,30);1-2H3/b9-8+;. The van der Waals surface area contributed by atoms with Crippen LogP contribution in [-0.2, 0) is 13.6 Å². The third-order valence-electron chi connectivity index (χ3n) is 6.72. The maximum Gasteiger partial charge on any atom is 0.240 e. The Balaban J connectivity index is 0.00000181. The highest BCUT2D eigenvalue weighted by atomic mass is 16.5. The van der Waals surface area contributed by atoms with Crippen molar-refractivity contribution in [3.63, 3.8) is 0 Å². The average molecular weight is 546 g/mol. The minimum Gasteiger partial charge on any atom is -0.476 e. The van der Waals surface area contributed by atoms with Gasteiger partial charge in [0.2, 0.25) is 11.8 Å². The molecule has 2 radical (unpaired) electrons. The number of nitrogens with zero attached hydrogens (tertiary/aromatic N) is 7. The number of ether oxygens (including phenoxy) is 2. The summed E-state index contributed by atoms with van der Waals surface area (Å²) < 4.78 is 16.0. The maximum absolute atomic E-state index is 9.95. The molecule has 2 atom stereocenters. The number of nitrogens with one attached hydrogen (secondary N) is 1. The SMILES string of the molecule is CC.[B]c1nc2cc3c([nH]nc13)/C=C/c1c(OCC)nn(C(C)CO)c1CN(C)CC(C)Oc1c-2c(C)nn1C. The normalized spacial score (nSPS) is 17.2. The van der Waals surface area contributed by atoms with E-state index in [-0.39, 0.29) is 18.8 Å². The average Bonchev–Trinajstić information content (AvgIpc) is 3.56. The maximum atomic E-state index is 9.95. The summed E-state index contributed by atoms with van der Waals surface area (Å²) >= 11 is 0. The van der Waals surface area contributed by atoms with Gasteiger partial charge in [-0.2, -0.15) is 10.2 Å². The Labute approximate surface area is 236 Å². The van der Waals surface area contributed by atoms with Crippen molar-refractivity contribution in [3.8, 4) is 23.0 Å². The molecule has 2 bridgehead atoms. The molecule has 212 valence electrons. The van der Waals surface area contributed by atoms with Crippen molar-refractivity contribution in [2.45, 2.75) is 60.2 Å². The number of aliphatic hydroxyl groups excluding tert-OH is 1. The van der Waals surface area contributed by atoms with Gasteiger partial charge in [-0.25, -0.2) is 4.68 Å². The van der Waals surface area contributed by atoms with Gasteiger partial charge in [0.25, 0.3) is 0 Å². The van der Waals surface area contributed by atoms with Gasteiger partial charge in [-0.15, -0.1) is 5.10 Å². The molecule has 0 saturated heterocycles. The van der Waals surface area contributed by atoms with E-state index in [1.165, 1.54) is 0 Å². The number of rotatable bonds is 4. The number of H-pyrrole nitrogens is 1. The Hall–Kier alpha value is -3.64. The van der Waals surface area contributed by atoms with Crippen LogP contribution in [0.5, 0.6) is 11.8 Å². The van der Waals surface area contributed by atoms with Crippen LogP contribution in [0.15, 0.2) is 6.07 Å². The molecule has 40 heavy (non-hydrogen) atoms. The second-order valence-electron chi connectivity index (χ2n) is 9.85. The fourth-order valence-corrected chi connectivity index (χ4v) is 5.00. The van der Waals surface area contributed by atoms with Crippen molar-refractivity contribution >= 4 is 36.5 Å². The molecule has 0 fully saturated rings. The molecule has 1 aliphatic heterocycles. The van der Waals surface area contributed by atoms with Gasteiger partial charge >= 0.3 is 0 Å². The number of pyridine rings is 1. The minimum atomic E-state index is -0.225. The molecule has 12 heteroatoms. The van der Waals surface area contributed by atoms with Crippen LogP contribution in [0, 0.1) is 6.92 Å². The number of hydrogen-bond donors (Lipinski definition) is 2. The third-order valence-corrected chi connectivity index (χ3v) is 6.72. The van der Waals surface area contributed by atoms with Crippen molar-refractivity contribution < 1.29 is 14.6 Å². The van der Waals surface area contributed by atoms with Crippen molar-refractivity contribution in [1.82, 2.24) is 39.6 Å². The number of aryl methyl sites for hydroxylation is 2. The second kappa shape index (κ2) is 12.3. The Kier molecular flexibility index (Phi) is 9.00. The summed E-state index contributed by atoms with van der Waals surface area (Å²) in [6, 6.07) is 1.74. The molecule has 5 heterocycles. The zero-order valence-electron chi connectivity index (χ0n) is 24.7. The van der Waals surface area contributed by atoms with E-state index in [0.717, 1.165) is 33.6 Å². The van der Waals surface area contributed by atoms with E-state index in [4.69, 9.17) is 22.4 Å². The predicted octanol–water partition coefficient (Wildman–Crippen LogP) is 3.02. The molecule has 4 aromatic heterocycles. The molecule has 0 spiro atoms. The van der Waals surface area contributed by atoms with E-state index in [9.17, 15) is 5.11 Å². The van der Waals surface area contributed by atoms with Crippen LogP contribution < -0.4 is 15.1 Å². The van der Waals surface area contributed by atoms with Crippen molar-refractivity contribution in [2.75, 3.05) is 26.8 Å². The molecular formula is C28H39BN8O3. The molecule has 2 N–H and O–H groups in total. The molecule has 0 aromatic carbocycles. The van der Waals surface area contributed by atoms with Crippen LogP contribution in [0.25, 0.3) is 34.3 Å². The van der Waals surface area contributed by atoms with Crippen molar-refractivity contribution in [2.24, 2.45) is 7.05 Å². The summed E-state index contributed by atoms with van der Waals surface area (Å²) in [6.45, 7) is 13.4. The topological polar surface area (TPSA) is 119 Å². The highest BCUT2D eigenvalue weighted by molar-refractivity contribution is 6.37. The predicted molar refractivity (Wildman–Crippen MR) is 158 cm³/mol. The van der Waals surface area contributed by atoms with Gasteiger partial charge in [0.05, 0.1) is 53.2 Å². The van der Waals surface area contributed by atoms with Gasteiger partial charge < -0.3 is 14.6 Å². The number of aromatic amines is 1. The molecule has 2 unspecified atom stereocenters. The Morgan fingerprint density at radius 1 is 1.25 bits per heavy atom. The number of likely N-dealkylation sites (N-methyl/N-ethyl adjacent to an activating group) is 1. The van der Waals surface area contributed by atoms with Crippen LogP contribution in [0.4, 0.5) is 0 Å². The lowest BCUT2D eigenvalue weighted by molar-refractivity contribution is 0.145. The van der Waals surface area contributed by atoms with Gasteiger partial charge in [-0.3, -0.25) is 19.7 Å². The fourth-order valence-electron chi connectivity index (χ4n) is 5.00. The molecule has 0 saturated carbocycles. The van der Waals surface area contributed by atoms with Gasteiger partial charge in [0.15, 0.2) is 0 Å². The van der Waals surface area contributed by atoms with E-state index in [1.54, 1.807) is 4.68 Å². The Bertz CT molecular complexity index is 1510. The zero-order chi connectivity index (χ0) is 29.1. The Morgan fingerprint density at radius 3 is 2.70 bits per heavy atom. The first-order valence-corrected chi connectivity index (χ1v) is 13.8. The Morgan fingerprint density at radius 2 is 2.00 bits per heavy atom. The highest BCUT2D eigenvalue weighted by Gasteiger charge is 2.25. The molecule has 0 amide bonds. The lowest BCUT2D eigenvalue weighted by Crippen LogP contribution is -2.32. The zero-order valence-corrected chi connectivity index (χ0v) is 24.7. The summed E-state index contributed by atoms with van der Waals surface area (Å²) in [7, 11) is 10.3. The van der Waals surface area contributed by atoms with Gasteiger partial charge in [-0.05, 0) is 53.0 Å². The minimum absolute atomic E-state index is 0.0461. The van der Waals surface area contributed by atoms with Gasteiger partial charge in [-0.1, -0.05) is 13.8 Å². The van der Waals surface area contributed by atoms with Gasteiger partial charge in [0.1, 0.15) is 19.5 Å². The molecule has 4 aromatic rings. The first-order valence-electron chi connectivity index (χ1n) is 13.8. The van der Waals surface area contributed by atoms with Crippen LogP contribution in [-0.4, -0.2) is 85.5 Å². The number of aliphatic hydroxyl groups is 1. The lowest BCUT2D eigenvalue weighted by atomic mass is 9.98.